The first-order chi connectivity index (χ1) is 10.4. The Labute approximate surface area is 124 Å². The molecular weight excluding hydrogens is 299 g/mol. The van der Waals surface area contributed by atoms with Crippen molar-refractivity contribution in [2.75, 3.05) is 13.1 Å². The Morgan fingerprint density at radius 1 is 1.41 bits per heavy atom. The molecule has 0 saturated heterocycles. The van der Waals surface area contributed by atoms with Gasteiger partial charge in [0.2, 0.25) is 6.41 Å². The largest absolute Gasteiger partial charge is 0.416 e. The Balaban J connectivity index is 2.26. The molecule has 1 aliphatic heterocycles. The molecule has 2 rings (SSSR count). The molecule has 0 bridgehead atoms. The van der Waals surface area contributed by atoms with Crippen molar-refractivity contribution in [3.63, 3.8) is 0 Å². The minimum atomic E-state index is -4.53. The third kappa shape index (κ3) is 2.88. The number of amides is 2. The molecule has 1 N–H and O–H groups in total. The summed E-state index contributed by atoms with van der Waals surface area (Å²) in [6, 6.07) is 3.62. The predicted molar refractivity (Wildman–Crippen MR) is 69.5 cm³/mol. The maximum atomic E-state index is 12.7. The van der Waals surface area contributed by atoms with Gasteiger partial charge in [0.05, 0.1) is 11.6 Å². The molecule has 1 heterocycles. The van der Waals surface area contributed by atoms with Gasteiger partial charge < -0.3 is 10.2 Å². The molecule has 1 aromatic rings. The lowest BCUT2D eigenvalue weighted by Gasteiger charge is -2.19. The van der Waals surface area contributed by atoms with Gasteiger partial charge in [-0.3, -0.25) is 9.59 Å². The Hall–Kier alpha value is -2.56. The van der Waals surface area contributed by atoms with Crippen molar-refractivity contribution in [3.05, 3.63) is 34.9 Å². The van der Waals surface area contributed by atoms with E-state index >= 15 is 0 Å². The van der Waals surface area contributed by atoms with Gasteiger partial charge in [-0.25, -0.2) is 0 Å². The predicted octanol–water partition coefficient (Wildman–Crippen LogP) is 1.86. The van der Waals surface area contributed by atoms with Crippen LogP contribution in [0.5, 0.6) is 0 Å². The number of fused-ring (bicyclic) bond motifs is 1. The average molecular weight is 311 g/mol. The monoisotopic (exact) mass is 311 g/mol. The van der Waals surface area contributed by atoms with Crippen LogP contribution in [0.15, 0.2) is 18.2 Å². The molecule has 0 radical (unpaired) electrons. The van der Waals surface area contributed by atoms with E-state index in [0.29, 0.717) is 19.4 Å². The molecule has 0 spiro atoms. The molecule has 1 atom stereocenters. The van der Waals surface area contributed by atoms with Gasteiger partial charge in [-0.05, 0) is 24.6 Å². The second kappa shape index (κ2) is 6.05. The third-order valence-electron chi connectivity index (χ3n) is 3.40. The molecule has 2 amide bonds. The number of nitrogens with zero attached hydrogens (tertiary/aromatic N) is 2. The second-order valence-corrected chi connectivity index (χ2v) is 4.76. The normalized spacial score (nSPS) is 17.1. The number of benzene rings is 1. The van der Waals surface area contributed by atoms with Crippen LogP contribution < -0.4 is 5.32 Å². The first-order valence-electron chi connectivity index (χ1n) is 6.49. The van der Waals surface area contributed by atoms with Crippen molar-refractivity contribution in [2.45, 2.75) is 18.6 Å². The zero-order chi connectivity index (χ0) is 16.3. The Bertz CT molecular complexity index is 637. The maximum absolute atomic E-state index is 12.7. The number of nitrogens with one attached hydrogen (secondary N) is 1. The van der Waals surface area contributed by atoms with Crippen molar-refractivity contribution < 1.29 is 22.8 Å². The van der Waals surface area contributed by atoms with E-state index < -0.39 is 23.7 Å². The molecule has 1 aromatic carbocycles. The van der Waals surface area contributed by atoms with Crippen molar-refractivity contribution >= 4 is 12.3 Å². The quantitative estimate of drug-likeness (QED) is 0.666. The first-order valence-corrected chi connectivity index (χ1v) is 6.49. The van der Waals surface area contributed by atoms with Gasteiger partial charge in [0.1, 0.15) is 6.04 Å². The lowest BCUT2D eigenvalue weighted by atomic mass is 10.0. The van der Waals surface area contributed by atoms with Crippen molar-refractivity contribution in [1.29, 1.82) is 5.26 Å². The van der Waals surface area contributed by atoms with Crippen molar-refractivity contribution in [3.8, 4) is 6.07 Å². The van der Waals surface area contributed by atoms with Crippen LogP contribution in [0.4, 0.5) is 13.2 Å². The van der Waals surface area contributed by atoms with Gasteiger partial charge in [0, 0.05) is 24.2 Å². The summed E-state index contributed by atoms with van der Waals surface area (Å²) in [5, 5.41) is 11.6. The highest BCUT2D eigenvalue weighted by molar-refractivity contribution is 5.99. The van der Waals surface area contributed by atoms with Crippen LogP contribution in [-0.4, -0.2) is 30.3 Å². The molecular formula is C14H12F3N3O2. The smallest absolute Gasteiger partial charge is 0.359 e. The van der Waals surface area contributed by atoms with Gasteiger partial charge in [-0.2, -0.15) is 18.4 Å². The molecule has 0 aliphatic carbocycles. The fourth-order valence-electron chi connectivity index (χ4n) is 2.38. The molecule has 116 valence electrons. The van der Waals surface area contributed by atoms with Crippen LogP contribution in [0.2, 0.25) is 0 Å². The van der Waals surface area contributed by atoms with Crippen LogP contribution in [0.3, 0.4) is 0 Å². The van der Waals surface area contributed by atoms with E-state index in [0.717, 1.165) is 18.2 Å². The van der Waals surface area contributed by atoms with E-state index in [4.69, 9.17) is 0 Å². The lowest BCUT2D eigenvalue weighted by molar-refractivity contribution is -0.137. The fraction of sp³-hybridized carbons (Fsp3) is 0.357. The highest BCUT2D eigenvalue weighted by atomic mass is 19.4. The van der Waals surface area contributed by atoms with Crippen molar-refractivity contribution in [2.24, 2.45) is 0 Å². The SMILES string of the molecule is N#CC1c2cc(C(F)(F)F)ccc2C(=O)N1CCCNC=O. The van der Waals surface area contributed by atoms with Gasteiger partial charge in [0.25, 0.3) is 5.91 Å². The van der Waals surface area contributed by atoms with E-state index in [-0.39, 0.29) is 17.7 Å². The Kier molecular flexibility index (Phi) is 4.35. The topological polar surface area (TPSA) is 73.2 Å². The third-order valence-corrected chi connectivity index (χ3v) is 3.40. The Morgan fingerprint density at radius 2 is 2.14 bits per heavy atom. The molecule has 1 aliphatic rings. The number of hydrogen-bond donors (Lipinski definition) is 1. The summed E-state index contributed by atoms with van der Waals surface area (Å²) in [5.41, 5.74) is -0.697. The van der Waals surface area contributed by atoms with Crippen LogP contribution in [0.1, 0.15) is 33.9 Å². The standard InChI is InChI=1S/C14H12F3N3O2/c15-14(16,17)9-2-3-10-11(6-9)12(7-18)20(13(10)22)5-1-4-19-8-21/h2-3,6,8,12H,1,4-5H2,(H,19,21). The number of nitriles is 1. The van der Waals surface area contributed by atoms with E-state index in [2.05, 4.69) is 5.32 Å². The summed E-state index contributed by atoms with van der Waals surface area (Å²) in [6.45, 7) is 0.490. The van der Waals surface area contributed by atoms with Crippen LogP contribution in [-0.2, 0) is 11.0 Å². The van der Waals surface area contributed by atoms with Crippen LogP contribution in [0, 0.1) is 11.3 Å². The van der Waals surface area contributed by atoms with Gasteiger partial charge in [-0.15, -0.1) is 0 Å². The lowest BCUT2D eigenvalue weighted by Crippen LogP contribution is -2.30. The highest BCUT2D eigenvalue weighted by Gasteiger charge is 2.39. The average Bonchev–Trinajstić information content (AvgIpc) is 2.74. The number of halogens is 3. The summed E-state index contributed by atoms with van der Waals surface area (Å²) in [6.07, 6.45) is -3.61. The molecule has 5 nitrogen and oxygen atoms in total. The van der Waals surface area contributed by atoms with E-state index in [1.807, 2.05) is 6.07 Å². The minimum absolute atomic E-state index is 0.0747. The zero-order valence-electron chi connectivity index (χ0n) is 11.4. The Morgan fingerprint density at radius 3 is 2.73 bits per heavy atom. The van der Waals surface area contributed by atoms with Gasteiger partial charge >= 0.3 is 6.18 Å². The maximum Gasteiger partial charge on any atom is 0.416 e. The van der Waals surface area contributed by atoms with E-state index in [9.17, 15) is 28.0 Å². The molecule has 1 unspecified atom stereocenters. The number of alkyl halides is 3. The number of rotatable bonds is 5. The summed E-state index contributed by atoms with van der Waals surface area (Å²) < 4.78 is 38.2. The fourth-order valence-corrected chi connectivity index (χ4v) is 2.38. The van der Waals surface area contributed by atoms with Crippen molar-refractivity contribution in [1.82, 2.24) is 10.2 Å². The van der Waals surface area contributed by atoms with Crippen LogP contribution in [0.25, 0.3) is 0 Å². The summed E-state index contributed by atoms with van der Waals surface area (Å²) in [4.78, 5) is 23.6. The zero-order valence-corrected chi connectivity index (χ0v) is 11.4. The number of hydrogen-bond acceptors (Lipinski definition) is 3. The second-order valence-electron chi connectivity index (χ2n) is 4.76. The molecule has 0 fully saturated rings. The summed E-state index contributed by atoms with van der Waals surface area (Å²) in [5.74, 6) is -0.471. The number of carbonyl (C=O) groups is 2. The van der Waals surface area contributed by atoms with Gasteiger partial charge in [-0.1, -0.05) is 0 Å². The van der Waals surface area contributed by atoms with Gasteiger partial charge in [0.15, 0.2) is 0 Å². The molecule has 0 aromatic heterocycles. The molecule has 8 heteroatoms. The van der Waals surface area contributed by atoms with E-state index in [1.165, 1.54) is 4.90 Å². The van der Waals surface area contributed by atoms with Crippen LogP contribution >= 0.6 is 0 Å². The van der Waals surface area contributed by atoms with E-state index in [1.54, 1.807) is 0 Å². The summed E-state index contributed by atoms with van der Waals surface area (Å²) >= 11 is 0. The molecule has 0 saturated carbocycles. The summed E-state index contributed by atoms with van der Waals surface area (Å²) in [7, 11) is 0. The first kappa shape index (κ1) is 15.8. The molecule has 22 heavy (non-hydrogen) atoms. The number of carbonyl (C=O) groups excluding carboxylic acids is 2. The minimum Gasteiger partial charge on any atom is -0.359 e. The highest BCUT2D eigenvalue weighted by Crippen LogP contribution is 2.37.